The molecule has 0 aromatic heterocycles. The van der Waals surface area contributed by atoms with Gasteiger partial charge in [0.1, 0.15) is 61.0 Å². The first-order valence-corrected chi connectivity index (χ1v) is 21.3. The van der Waals surface area contributed by atoms with Crippen LogP contribution in [0.1, 0.15) is 73.1 Å². The van der Waals surface area contributed by atoms with E-state index in [-0.39, 0.29) is 41.3 Å². The van der Waals surface area contributed by atoms with Crippen LogP contribution in [0.4, 0.5) is 0 Å². The molecule has 17 nitrogen and oxygen atoms in total. The summed E-state index contributed by atoms with van der Waals surface area (Å²) in [4.78, 5) is 13.7. The van der Waals surface area contributed by atoms with Crippen LogP contribution in [0.2, 0.25) is 0 Å². The SMILES string of the molecule is CO[C@@H]1[C@@H](O)[C@H](O[C@H]2[C@H](OC)[C@@H](O)[C@H](O[C@H]3[C@H](OC)[C@@H](O)[C@H](OC4CCC5(C)C(=CCC6C(=O)OC7COC8(C)OC=C(CCC65)[C@H]78)C4)O[C@@H]3C)O[C@@H]2C)O[C@H](C)[C@H]1O. The Bertz CT molecular complexity index is 1580. The van der Waals surface area contributed by atoms with Gasteiger partial charge in [-0.25, -0.2) is 0 Å². The lowest BCUT2D eigenvalue weighted by Gasteiger charge is -2.51. The molecule has 6 heterocycles. The van der Waals surface area contributed by atoms with Gasteiger partial charge >= 0.3 is 5.97 Å². The van der Waals surface area contributed by atoms with Crippen LogP contribution in [0.15, 0.2) is 23.5 Å². The maximum Gasteiger partial charge on any atom is 0.309 e. The summed E-state index contributed by atoms with van der Waals surface area (Å²) < 4.78 is 72.1. The Morgan fingerprint density at radius 2 is 1.31 bits per heavy atom. The number of aliphatic hydroxyl groups excluding tert-OH is 4. The molecule has 0 radical (unpaired) electrons. The molecule has 22 atom stereocenters. The summed E-state index contributed by atoms with van der Waals surface area (Å²) in [5.41, 5.74) is 2.16. The number of aliphatic hydroxyl groups is 4. The van der Waals surface area contributed by atoms with Crippen LogP contribution in [0.3, 0.4) is 0 Å². The number of rotatable bonds is 9. The number of fused-ring (bicyclic) bond motifs is 3. The van der Waals surface area contributed by atoms with E-state index in [9.17, 15) is 25.2 Å². The topological polar surface area (TPSA) is 209 Å². The molecule has 6 aliphatic heterocycles. The summed E-state index contributed by atoms with van der Waals surface area (Å²) >= 11 is 0. The van der Waals surface area contributed by atoms with E-state index in [1.807, 2.05) is 13.2 Å². The van der Waals surface area contributed by atoms with Crippen molar-refractivity contribution >= 4 is 5.97 Å². The lowest BCUT2D eigenvalue weighted by Crippen LogP contribution is -2.65. The molecular formula is C42H64O17. The number of esters is 1. The fourth-order valence-electron chi connectivity index (χ4n) is 11.3. The van der Waals surface area contributed by atoms with Gasteiger partial charge in [-0.05, 0) is 76.2 Å². The number of ether oxygens (including phenoxy) is 12. The zero-order valence-corrected chi connectivity index (χ0v) is 35.2. The summed E-state index contributed by atoms with van der Waals surface area (Å²) in [6.45, 7) is 9.65. The maximum atomic E-state index is 13.7. The molecule has 6 fully saturated rings. The number of hydrogen-bond donors (Lipinski definition) is 4. The molecule has 0 bridgehead atoms. The standard InChI is InChI=1S/C42H64O17/c1-18-28(43)34(48-6)29(44)39(53-18)58-33-20(3)55-40(31(46)36(33)50-8)59-32-19(2)54-38(30(45)35(32)49-7)56-23-13-14-41(4)22(15-23)10-11-24-25(41)12-9-21-16-51-42(5)27(21)26(17-52-42)57-37(24)47/h10,16,18-20,23-36,38-40,43-46H,9,11-15,17H2,1-8H3/t18-,19-,20-,23?,24?,25?,26?,27-,28-,29-,30-,31-,32-,33-,34+,35-,36-,38+,39+,40+,41?,42?/m1/s1. The Kier molecular flexibility index (Phi) is 12.7. The first-order valence-electron chi connectivity index (χ1n) is 21.3. The number of hydrogen-bond acceptors (Lipinski definition) is 17. The average Bonchev–Trinajstić information content (AvgIpc) is 3.72. The summed E-state index contributed by atoms with van der Waals surface area (Å²) in [7, 11) is 4.26. The van der Waals surface area contributed by atoms with E-state index < -0.39 is 97.9 Å². The van der Waals surface area contributed by atoms with Crippen molar-refractivity contribution in [3.8, 4) is 0 Å². The van der Waals surface area contributed by atoms with Gasteiger partial charge in [0.05, 0.1) is 49.1 Å². The van der Waals surface area contributed by atoms with Crippen LogP contribution in [-0.4, -0.2) is 164 Å². The van der Waals surface area contributed by atoms with Crippen LogP contribution in [-0.2, 0) is 61.6 Å². The molecule has 0 spiro atoms. The largest absolute Gasteiger partial charge is 0.469 e. The monoisotopic (exact) mass is 840 g/mol. The van der Waals surface area contributed by atoms with Crippen LogP contribution >= 0.6 is 0 Å². The smallest absolute Gasteiger partial charge is 0.309 e. The highest BCUT2D eigenvalue weighted by molar-refractivity contribution is 5.74. The van der Waals surface area contributed by atoms with Crippen molar-refractivity contribution in [1.82, 2.24) is 0 Å². The third-order valence-corrected chi connectivity index (χ3v) is 14.7. The highest BCUT2D eigenvalue weighted by atomic mass is 16.8. The number of allylic oxidation sites excluding steroid dienone is 1. The second-order valence-electron chi connectivity index (χ2n) is 18.1. The van der Waals surface area contributed by atoms with Crippen molar-refractivity contribution < 1.29 is 82.1 Å². The molecule has 17 heteroatoms. The molecule has 1 saturated carbocycles. The van der Waals surface area contributed by atoms with E-state index in [2.05, 4.69) is 13.0 Å². The second-order valence-corrected chi connectivity index (χ2v) is 18.1. The van der Waals surface area contributed by atoms with Crippen molar-refractivity contribution in [3.05, 3.63) is 23.5 Å². The van der Waals surface area contributed by atoms with Gasteiger partial charge in [0, 0.05) is 28.3 Å². The van der Waals surface area contributed by atoms with Crippen molar-refractivity contribution in [1.29, 1.82) is 0 Å². The molecule has 2 aliphatic carbocycles. The highest BCUT2D eigenvalue weighted by Gasteiger charge is 2.59. The van der Waals surface area contributed by atoms with E-state index >= 15 is 0 Å². The Morgan fingerprint density at radius 1 is 0.729 bits per heavy atom. The predicted molar refractivity (Wildman–Crippen MR) is 202 cm³/mol. The zero-order chi connectivity index (χ0) is 42.1. The van der Waals surface area contributed by atoms with Crippen LogP contribution < -0.4 is 0 Å². The fraction of sp³-hybridized carbons (Fsp3) is 0.881. The molecular weight excluding hydrogens is 776 g/mol. The molecule has 0 amide bonds. The van der Waals surface area contributed by atoms with Gasteiger partial charge in [0.2, 0.25) is 5.79 Å². The molecule has 8 aliphatic rings. The van der Waals surface area contributed by atoms with Gasteiger partial charge in [0.15, 0.2) is 18.9 Å². The minimum atomic E-state index is -1.37. The average molecular weight is 841 g/mol. The third-order valence-electron chi connectivity index (χ3n) is 14.7. The Balaban J connectivity index is 0.894. The summed E-state index contributed by atoms with van der Waals surface area (Å²) in [6, 6.07) is 0. The Labute approximate surface area is 345 Å². The zero-order valence-electron chi connectivity index (χ0n) is 35.2. The first kappa shape index (κ1) is 43.8. The first-order chi connectivity index (χ1) is 28.1. The summed E-state index contributed by atoms with van der Waals surface area (Å²) in [5, 5.41) is 44.4. The highest BCUT2D eigenvalue weighted by Crippen LogP contribution is 2.57. The van der Waals surface area contributed by atoms with E-state index in [1.54, 1.807) is 20.8 Å². The van der Waals surface area contributed by atoms with Crippen LogP contribution in [0, 0.1) is 23.2 Å². The predicted octanol–water partition coefficient (Wildman–Crippen LogP) is 1.60. The van der Waals surface area contributed by atoms with Gasteiger partial charge in [-0.15, -0.1) is 0 Å². The molecule has 334 valence electrons. The second kappa shape index (κ2) is 17.1. The Hall–Kier alpha value is -1.81. The van der Waals surface area contributed by atoms with Gasteiger partial charge in [-0.3, -0.25) is 4.79 Å². The van der Waals surface area contributed by atoms with E-state index in [4.69, 9.17) is 56.8 Å². The van der Waals surface area contributed by atoms with Crippen LogP contribution in [0.5, 0.6) is 0 Å². The van der Waals surface area contributed by atoms with Crippen molar-refractivity contribution in [2.75, 3.05) is 27.9 Å². The molecule has 59 heavy (non-hydrogen) atoms. The van der Waals surface area contributed by atoms with Gasteiger partial charge in [0.25, 0.3) is 0 Å². The molecule has 6 unspecified atom stereocenters. The quantitative estimate of drug-likeness (QED) is 0.192. The van der Waals surface area contributed by atoms with Gasteiger partial charge in [-0.1, -0.05) is 18.6 Å². The van der Waals surface area contributed by atoms with E-state index in [1.165, 1.54) is 26.9 Å². The van der Waals surface area contributed by atoms with Gasteiger partial charge in [-0.2, -0.15) is 0 Å². The molecule has 5 saturated heterocycles. The minimum absolute atomic E-state index is 0.0864. The third kappa shape index (κ3) is 7.72. The lowest BCUT2D eigenvalue weighted by molar-refractivity contribution is -0.377. The molecule has 4 N–H and O–H groups in total. The van der Waals surface area contributed by atoms with Crippen molar-refractivity contribution in [2.45, 2.75) is 183 Å². The van der Waals surface area contributed by atoms with E-state index in [0.29, 0.717) is 25.9 Å². The maximum absolute atomic E-state index is 13.7. The lowest BCUT2D eigenvalue weighted by atomic mass is 9.55. The molecule has 8 rings (SSSR count). The molecule has 0 aromatic carbocycles. The summed E-state index contributed by atoms with van der Waals surface area (Å²) in [5.74, 6) is -1.20. The fourth-order valence-corrected chi connectivity index (χ4v) is 11.3. The summed E-state index contributed by atoms with van der Waals surface area (Å²) in [6.07, 6.45) is -7.46. The number of methoxy groups -OCH3 is 3. The van der Waals surface area contributed by atoms with Crippen molar-refractivity contribution in [2.24, 2.45) is 23.2 Å². The number of carbonyl (C=O) groups excluding carboxylic acids is 1. The van der Waals surface area contributed by atoms with E-state index in [0.717, 1.165) is 24.8 Å². The van der Waals surface area contributed by atoms with Crippen LogP contribution in [0.25, 0.3) is 0 Å². The molecule has 0 aromatic rings. The normalized spacial score (nSPS) is 52.4. The number of carbonyl (C=O) groups is 1. The van der Waals surface area contributed by atoms with Gasteiger partial charge < -0.3 is 77.3 Å². The minimum Gasteiger partial charge on any atom is -0.469 e. The van der Waals surface area contributed by atoms with Crippen molar-refractivity contribution in [3.63, 3.8) is 0 Å². The Morgan fingerprint density at radius 3 is 1.92 bits per heavy atom.